The molecule has 65 heavy (non-hydrogen) atoms. The van der Waals surface area contributed by atoms with Crippen LogP contribution in [0.3, 0.4) is 0 Å². The van der Waals surface area contributed by atoms with Gasteiger partial charge in [0.1, 0.15) is 23.4 Å². The van der Waals surface area contributed by atoms with Crippen LogP contribution in [0.25, 0.3) is 11.3 Å². The van der Waals surface area contributed by atoms with Crippen LogP contribution < -0.4 is 15.4 Å². The van der Waals surface area contributed by atoms with Crippen LogP contribution in [0.1, 0.15) is 59.7 Å². The lowest BCUT2D eigenvalue weighted by Crippen LogP contribution is -2.65. The highest BCUT2D eigenvalue weighted by Crippen LogP contribution is 2.42. The largest absolute Gasteiger partial charge is 0.457 e. The highest BCUT2D eigenvalue weighted by atomic mass is 35.5. The van der Waals surface area contributed by atoms with E-state index in [9.17, 15) is 19.5 Å². The standard InChI is InChI=1S/C50H55Cl2N7O6/c1-56(2)28-45-53-26-43(57(45)3)34-12-18-38(19-13-34)65-44-23-37(52)17-11-35(44)27-59-29-46(61)54-42(30-60)48(63)55-50(25-32-9-15-36(51)16-10-32)21-6-22-58(31-50)49(64)41(24-47(59)62)40-20-14-33-7-4-5-8-39(33)40/h4-5,7-13,15-19,23,26,40-42,60H,6,14,20-22,24-25,27-31H2,1-3H3,(H,54,61)(H,55,63)/t40-,41+,42+,50-/m1/s1. The number of benzene rings is 4. The Kier molecular flexibility index (Phi) is 14.0. The first-order valence-electron chi connectivity index (χ1n) is 22.1. The summed E-state index contributed by atoms with van der Waals surface area (Å²) in [4.78, 5) is 68.1. The van der Waals surface area contributed by atoms with Crippen molar-refractivity contribution in [2.75, 3.05) is 40.3 Å². The molecule has 0 spiro atoms. The van der Waals surface area contributed by atoms with Crippen molar-refractivity contribution in [3.63, 3.8) is 0 Å². The van der Waals surface area contributed by atoms with Gasteiger partial charge in [0, 0.05) is 54.3 Å². The Labute approximate surface area is 389 Å². The fourth-order valence-electron chi connectivity index (χ4n) is 9.68. The van der Waals surface area contributed by atoms with Crippen molar-refractivity contribution in [3.8, 4) is 22.8 Å². The summed E-state index contributed by atoms with van der Waals surface area (Å²) in [6.45, 7) is 0.117. The van der Waals surface area contributed by atoms with Gasteiger partial charge in [-0.15, -0.1) is 0 Å². The van der Waals surface area contributed by atoms with Crippen molar-refractivity contribution >= 4 is 46.8 Å². The van der Waals surface area contributed by atoms with Gasteiger partial charge < -0.3 is 39.7 Å². The van der Waals surface area contributed by atoms with Gasteiger partial charge in [0.25, 0.3) is 0 Å². The predicted octanol–water partition coefficient (Wildman–Crippen LogP) is 6.52. The number of nitrogens with zero attached hydrogens (tertiary/aromatic N) is 5. The molecule has 2 fully saturated rings. The minimum absolute atomic E-state index is 0.0768. The van der Waals surface area contributed by atoms with Gasteiger partial charge in [-0.2, -0.15) is 0 Å². The SMILES string of the molecule is CN(C)Cc1ncc(-c2ccc(Oc3cc(Cl)ccc3CN3CC(=O)N[C@@H](CO)C(=O)N[C@@]4(Cc5ccc(Cl)cc5)CCCN(C4)C(=O)[C@H]([C@@H]4CCc5ccccc54)CC3=O)cc2)n1C. The lowest BCUT2D eigenvalue weighted by atomic mass is 9.80. The number of amides is 4. The Morgan fingerprint density at radius 2 is 1.69 bits per heavy atom. The first-order valence-corrected chi connectivity index (χ1v) is 22.9. The smallest absolute Gasteiger partial charge is 0.245 e. The number of aromatic nitrogens is 2. The second-order valence-electron chi connectivity index (χ2n) is 17.9. The number of hydrogen-bond donors (Lipinski definition) is 3. The first kappa shape index (κ1) is 45.8. The maximum atomic E-state index is 15.2. The molecule has 3 heterocycles. The van der Waals surface area contributed by atoms with Crippen LogP contribution in [0.5, 0.6) is 11.5 Å². The normalized spacial score (nSPS) is 21.8. The highest BCUT2D eigenvalue weighted by Gasteiger charge is 2.45. The van der Waals surface area contributed by atoms with E-state index in [0.717, 1.165) is 40.2 Å². The van der Waals surface area contributed by atoms with Crippen LogP contribution >= 0.6 is 23.2 Å². The Hall–Kier alpha value is -5.73. The summed E-state index contributed by atoms with van der Waals surface area (Å²) in [6.07, 6.45) is 4.68. The second kappa shape index (κ2) is 19.8. The molecule has 13 nitrogen and oxygen atoms in total. The molecule has 3 aliphatic rings. The van der Waals surface area contributed by atoms with E-state index in [-0.39, 0.29) is 31.3 Å². The number of carbonyl (C=O) groups is 4. The summed E-state index contributed by atoms with van der Waals surface area (Å²) in [5.74, 6) is -0.972. The van der Waals surface area contributed by atoms with Gasteiger partial charge >= 0.3 is 0 Å². The minimum Gasteiger partial charge on any atom is -0.457 e. The van der Waals surface area contributed by atoms with Crippen LogP contribution in [-0.2, 0) is 52.2 Å². The molecule has 1 aliphatic carbocycles. The molecule has 15 heteroatoms. The Morgan fingerprint density at radius 1 is 0.938 bits per heavy atom. The number of halogens is 2. The van der Waals surface area contributed by atoms with Crippen LogP contribution in [0.2, 0.25) is 10.0 Å². The number of piperidine rings is 1. The van der Waals surface area contributed by atoms with E-state index in [1.54, 1.807) is 35.2 Å². The van der Waals surface area contributed by atoms with Crippen molar-refractivity contribution in [3.05, 3.63) is 135 Å². The van der Waals surface area contributed by atoms with E-state index in [1.165, 1.54) is 4.90 Å². The fourth-order valence-corrected chi connectivity index (χ4v) is 9.97. The zero-order valence-electron chi connectivity index (χ0n) is 36.9. The van der Waals surface area contributed by atoms with Gasteiger partial charge in [0.05, 0.1) is 43.0 Å². The molecule has 4 amide bonds. The number of aliphatic hydroxyl groups is 1. The molecule has 8 rings (SSSR count). The molecule has 1 aromatic heterocycles. The van der Waals surface area contributed by atoms with Gasteiger partial charge in [-0.05, 0) is 117 Å². The second-order valence-corrected chi connectivity index (χ2v) is 18.8. The van der Waals surface area contributed by atoms with Crippen molar-refractivity contribution in [2.45, 2.75) is 69.1 Å². The molecule has 2 bridgehead atoms. The summed E-state index contributed by atoms with van der Waals surface area (Å²) in [7, 11) is 5.98. The van der Waals surface area contributed by atoms with Crippen LogP contribution in [0.15, 0.2) is 97.2 Å². The quantitative estimate of drug-likeness (QED) is 0.136. The Balaban J connectivity index is 1.11. The maximum absolute atomic E-state index is 15.2. The van der Waals surface area contributed by atoms with E-state index in [0.29, 0.717) is 65.9 Å². The summed E-state index contributed by atoms with van der Waals surface area (Å²) in [5.41, 5.74) is 4.64. The average molecular weight is 921 g/mol. The number of imidazole rings is 1. The topological polar surface area (TPSA) is 149 Å². The van der Waals surface area contributed by atoms with Crippen LogP contribution in [-0.4, -0.2) is 105 Å². The molecule has 340 valence electrons. The monoisotopic (exact) mass is 919 g/mol. The van der Waals surface area contributed by atoms with Gasteiger partial charge in [-0.1, -0.05) is 65.7 Å². The Morgan fingerprint density at radius 3 is 2.45 bits per heavy atom. The van der Waals surface area contributed by atoms with Crippen LogP contribution in [0.4, 0.5) is 0 Å². The lowest BCUT2D eigenvalue weighted by molar-refractivity contribution is -0.146. The summed E-state index contributed by atoms with van der Waals surface area (Å²) < 4.78 is 8.50. The zero-order valence-corrected chi connectivity index (χ0v) is 38.4. The van der Waals surface area contributed by atoms with Gasteiger partial charge in [-0.25, -0.2) is 4.98 Å². The number of aliphatic hydroxyl groups excluding tert-OH is 1. The number of hydrogen-bond acceptors (Lipinski definition) is 8. The van der Waals surface area contributed by atoms with E-state index >= 15 is 4.79 Å². The molecule has 4 atom stereocenters. The number of fused-ring (bicyclic) bond motifs is 3. The average Bonchev–Trinajstić information content (AvgIpc) is 3.88. The maximum Gasteiger partial charge on any atom is 0.245 e. The van der Waals surface area contributed by atoms with Crippen molar-refractivity contribution < 1.29 is 29.0 Å². The lowest BCUT2D eigenvalue weighted by Gasteiger charge is -2.45. The van der Waals surface area contributed by atoms with Crippen molar-refractivity contribution in [2.24, 2.45) is 13.0 Å². The third-order valence-electron chi connectivity index (χ3n) is 12.9. The number of carbonyl (C=O) groups excluding carboxylic acids is 4. The highest BCUT2D eigenvalue weighted by molar-refractivity contribution is 6.31. The molecule has 2 aliphatic heterocycles. The number of ether oxygens (including phenoxy) is 1. The molecule has 0 radical (unpaired) electrons. The van der Waals surface area contributed by atoms with Crippen molar-refractivity contribution in [1.29, 1.82) is 0 Å². The Bertz CT molecular complexity index is 2550. The number of aryl methyl sites for hydroxylation is 1. The summed E-state index contributed by atoms with van der Waals surface area (Å²) in [5, 5.41) is 17.4. The van der Waals surface area contributed by atoms with E-state index < -0.39 is 48.4 Å². The molecule has 5 aromatic rings. The van der Waals surface area contributed by atoms with Gasteiger partial charge in [-0.3, -0.25) is 19.2 Å². The van der Waals surface area contributed by atoms with E-state index in [1.807, 2.05) is 81.9 Å². The predicted molar refractivity (Wildman–Crippen MR) is 249 cm³/mol. The summed E-state index contributed by atoms with van der Waals surface area (Å²) >= 11 is 12.8. The van der Waals surface area contributed by atoms with Crippen LogP contribution in [0, 0.1) is 5.92 Å². The third-order valence-corrected chi connectivity index (χ3v) is 13.4. The van der Waals surface area contributed by atoms with Crippen molar-refractivity contribution in [1.82, 2.24) is 34.9 Å². The number of rotatable bonds is 11. The first-order chi connectivity index (χ1) is 31.3. The summed E-state index contributed by atoms with van der Waals surface area (Å²) in [6, 6.07) is 26.8. The molecule has 2 saturated heterocycles. The molecule has 4 aromatic carbocycles. The van der Waals surface area contributed by atoms with Gasteiger partial charge in [0.2, 0.25) is 23.6 Å². The molecule has 0 unspecified atom stereocenters. The van der Waals surface area contributed by atoms with E-state index in [2.05, 4.69) is 31.2 Å². The number of nitrogens with one attached hydrogen (secondary N) is 2. The fraction of sp³-hybridized carbons (Fsp3) is 0.380. The van der Waals surface area contributed by atoms with E-state index in [4.69, 9.17) is 27.9 Å². The third kappa shape index (κ3) is 10.5. The molecular formula is C50H55Cl2N7O6. The van der Waals surface area contributed by atoms with Gasteiger partial charge in [0.15, 0.2) is 0 Å². The zero-order chi connectivity index (χ0) is 45.8. The molecule has 3 N–H and O–H groups in total. The minimum atomic E-state index is -1.32. The molecule has 0 saturated carbocycles. The molecular weight excluding hydrogens is 865 g/mol.